The van der Waals surface area contributed by atoms with Gasteiger partial charge in [-0.2, -0.15) is 13.2 Å². The minimum Gasteiger partial charge on any atom is -0.310 e. The van der Waals surface area contributed by atoms with E-state index in [9.17, 15) is 13.2 Å². The van der Waals surface area contributed by atoms with Crippen molar-refractivity contribution in [3.8, 4) is 44.5 Å². The van der Waals surface area contributed by atoms with Crippen LogP contribution in [0.25, 0.3) is 64.7 Å². The van der Waals surface area contributed by atoms with E-state index in [0.717, 1.165) is 66.5 Å². The van der Waals surface area contributed by atoms with Crippen LogP contribution >= 0.6 is 11.3 Å². The Morgan fingerprint density at radius 3 is 1.57 bits per heavy atom. The number of aryl methyl sites for hydroxylation is 1. The van der Waals surface area contributed by atoms with Gasteiger partial charge in [-0.25, -0.2) is 0 Å². The van der Waals surface area contributed by atoms with Gasteiger partial charge in [-0.15, -0.1) is 11.3 Å². The van der Waals surface area contributed by atoms with Gasteiger partial charge in [-0.05, 0) is 136 Å². The highest BCUT2D eigenvalue weighted by molar-refractivity contribution is 7.26. The molecule has 0 saturated carbocycles. The molecular weight excluding hydrogens is 934 g/mol. The van der Waals surface area contributed by atoms with Crippen molar-refractivity contribution in [3.05, 3.63) is 252 Å². The molecule has 0 N–H and O–H groups in total. The summed E-state index contributed by atoms with van der Waals surface area (Å²) in [6.07, 6.45) is -4.47. The van der Waals surface area contributed by atoms with Gasteiger partial charge < -0.3 is 9.80 Å². The number of benzene rings is 10. The Kier molecular flexibility index (Phi) is 10.5. The molecule has 11 aromatic rings. The molecule has 2 nitrogen and oxygen atoms in total. The number of halogens is 3. The van der Waals surface area contributed by atoms with Gasteiger partial charge in [-0.1, -0.05) is 173 Å². The molecular formula is C68H51F3N2S. The SMILES string of the molecule is Cc1ccc(N(c2ccc3c(c2)C(C)(C)c2cc4sc5cc(N(c6ccc(C(F)(F)F)cc6)c6ccccc6-c6ccccc6)c6c(c5c4cc2-3)C(C)(C)c2ccccc2-6)c2ccccc2-c2ccccc2)cc1. The first-order valence-electron chi connectivity index (χ1n) is 25.2. The fraction of sp³-hybridized carbons (Fsp3) is 0.118. The van der Waals surface area contributed by atoms with Gasteiger partial charge >= 0.3 is 6.18 Å². The summed E-state index contributed by atoms with van der Waals surface area (Å²) < 4.78 is 45.0. The minimum atomic E-state index is -4.47. The third-order valence-corrected chi connectivity index (χ3v) is 16.8. The van der Waals surface area contributed by atoms with E-state index in [4.69, 9.17) is 0 Å². The lowest BCUT2D eigenvalue weighted by atomic mass is 9.79. The lowest BCUT2D eigenvalue weighted by Gasteiger charge is -2.31. The van der Waals surface area contributed by atoms with Crippen molar-refractivity contribution in [2.75, 3.05) is 9.80 Å². The number of hydrogen-bond acceptors (Lipinski definition) is 3. The van der Waals surface area contributed by atoms with Crippen LogP contribution in [0.4, 0.5) is 47.3 Å². The minimum absolute atomic E-state index is 0.327. The van der Waals surface area contributed by atoms with Gasteiger partial charge in [0.05, 0.1) is 22.6 Å². The van der Waals surface area contributed by atoms with Crippen LogP contribution in [0.15, 0.2) is 218 Å². The second kappa shape index (κ2) is 16.9. The second-order valence-corrected chi connectivity index (χ2v) is 21.9. The lowest BCUT2D eigenvalue weighted by molar-refractivity contribution is -0.137. The van der Waals surface area contributed by atoms with E-state index in [-0.39, 0.29) is 5.41 Å². The maximum atomic E-state index is 14.2. The van der Waals surface area contributed by atoms with Crippen molar-refractivity contribution in [2.24, 2.45) is 0 Å². The molecule has 0 amide bonds. The molecule has 0 unspecified atom stereocenters. The molecule has 0 aliphatic heterocycles. The quantitative estimate of drug-likeness (QED) is 0.150. The van der Waals surface area contributed by atoms with Crippen molar-refractivity contribution < 1.29 is 13.2 Å². The summed E-state index contributed by atoms with van der Waals surface area (Å²) in [6.45, 7) is 11.5. The average Bonchev–Trinajstić information content (AvgIpc) is 4.00. The van der Waals surface area contributed by atoms with Gasteiger partial charge in [0.15, 0.2) is 0 Å². The highest BCUT2D eigenvalue weighted by Crippen LogP contribution is 2.61. The van der Waals surface area contributed by atoms with Gasteiger partial charge in [0.2, 0.25) is 0 Å². The Bertz CT molecular complexity index is 4000. The van der Waals surface area contributed by atoms with Crippen LogP contribution in [0, 0.1) is 6.92 Å². The summed E-state index contributed by atoms with van der Waals surface area (Å²) in [4.78, 5) is 4.60. The lowest BCUT2D eigenvalue weighted by Crippen LogP contribution is -2.17. The highest BCUT2D eigenvalue weighted by atomic mass is 32.1. The fourth-order valence-corrected chi connectivity index (χ4v) is 13.3. The largest absolute Gasteiger partial charge is 0.416 e. The van der Waals surface area contributed by atoms with Gasteiger partial charge in [0, 0.05) is 64.8 Å². The first kappa shape index (κ1) is 45.7. The molecule has 2 aliphatic carbocycles. The van der Waals surface area contributed by atoms with Crippen LogP contribution in [0.3, 0.4) is 0 Å². The maximum Gasteiger partial charge on any atom is 0.416 e. The molecule has 10 aromatic carbocycles. The number of fused-ring (bicyclic) bond motifs is 10. The second-order valence-electron chi connectivity index (χ2n) is 20.9. The van der Waals surface area contributed by atoms with E-state index in [2.05, 4.69) is 208 Å². The van der Waals surface area contributed by atoms with Crippen LogP contribution in [-0.4, -0.2) is 0 Å². The Morgan fingerprint density at radius 1 is 0.405 bits per heavy atom. The van der Waals surface area contributed by atoms with E-state index >= 15 is 0 Å². The number of alkyl halides is 3. The number of nitrogens with zero attached hydrogens (tertiary/aromatic N) is 2. The van der Waals surface area contributed by atoms with E-state index in [1.54, 1.807) is 23.5 Å². The first-order valence-corrected chi connectivity index (χ1v) is 26.0. The zero-order chi connectivity index (χ0) is 50.7. The number of anilines is 6. The Balaban J connectivity index is 1.03. The molecule has 0 fully saturated rings. The predicted molar refractivity (Wildman–Crippen MR) is 304 cm³/mol. The molecule has 0 radical (unpaired) electrons. The van der Waals surface area contributed by atoms with E-state index in [0.29, 0.717) is 5.69 Å². The Hall–Kier alpha value is -8.19. The number of para-hydroxylation sites is 2. The molecule has 360 valence electrons. The molecule has 13 rings (SSSR count). The van der Waals surface area contributed by atoms with Crippen LogP contribution in [0.2, 0.25) is 0 Å². The van der Waals surface area contributed by atoms with E-state index in [1.165, 1.54) is 66.5 Å². The first-order chi connectivity index (χ1) is 35.8. The third-order valence-electron chi connectivity index (χ3n) is 15.7. The van der Waals surface area contributed by atoms with Crippen LogP contribution in [-0.2, 0) is 17.0 Å². The molecule has 1 heterocycles. The van der Waals surface area contributed by atoms with Gasteiger partial charge in [-0.3, -0.25) is 0 Å². The summed E-state index contributed by atoms with van der Waals surface area (Å²) in [7, 11) is 0. The Labute approximate surface area is 434 Å². The summed E-state index contributed by atoms with van der Waals surface area (Å²) in [5.41, 5.74) is 19.6. The standard InChI is InChI=1S/C68H51F3N2S/c1-42-28-32-46(33-29-42)72(58-26-16-13-22-49(58)43-18-8-6-9-19-43)48-36-37-51-53-39-54-61(40-57(53)66(2,3)56(51)38-48)74-62-41-60(63-52-24-12-15-25-55(52)67(4,5)65(63)64(54)62)73(47-34-30-45(31-35-47)68(69,70)71)59-27-17-14-23-50(59)44-20-10-7-11-21-44/h6-41H,1-5H3. The molecule has 0 bridgehead atoms. The van der Waals surface area contributed by atoms with Crippen molar-refractivity contribution in [1.29, 1.82) is 0 Å². The summed E-state index contributed by atoms with van der Waals surface area (Å²) in [5.74, 6) is 0. The normalized spacial score (nSPS) is 13.9. The monoisotopic (exact) mass is 984 g/mol. The smallest absolute Gasteiger partial charge is 0.310 e. The van der Waals surface area contributed by atoms with Crippen LogP contribution in [0.1, 0.15) is 61.1 Å². The fourth-order valence-electron chi connectivity index (χ4n) is 12.1. The van der Waals surface area contributed by atoms with Crippen molar-refractivity contribution >= 4 is 65.6 Å². The van der Waals surface area contributed by atoms with Crippen LogP contribution < -0.4 is 9.80 Å². The zero-order valence-electron chi connectivity index (χ0n) is 41.7. The zero-order valence-corrected chi connectivity index (χ0v) is 42.5. The van der Waals surface area contributed by atoms with Crippen molar-refractivity contribution in [1.82, 2.24) is 0 Å². The Morgan fingerprint density at radius 2 is 0.932 bits per heavy atom. The summed E-state index contributed by atoms with van der Waals surface area (Å²) in [6, 6.07) is 75.2. The number of thiophene rings is 1. The molecule has 2 aliphatic rings. The summed E-state index contributed by atoms with van der Waals surface area (Å²) in [5, 5.41) is 2.44. The van der Waals surface area contributed by atoms with Crippen molar-refractivity contribution in [2.45, 2.75) is 51.6 Å². The van der Waals surface area contributed by atoms with Crippen LogP contribution in [0.5, 0.6) is 0 Å². The average molecular weight is 985 g/mol. The van der Waals surface area contributed by atoms with Gasteiger partial charge in [0.1, 0.15) is 0 Å². The molecule has 0 spiro atoms. The summed E-state index contributed by atoms with van der Waals surface area (Å²) >= 11 is 1.80. The maximum absolute atomic E-state index is 14.2. The number of rotatable bonds is 8. The van der Waals surface area contributed by atoms with E-state index in [1.807, 2.05) is 30.3 Å². The van der Waals surface area contributed by atoms with Gasteiger partial charge in [0.25, 0.3) is 0 Å². The van der Waals surface area contributed by atoms with Crippen molar-refractivity contribution in [3.63, 3.8) is 0 Å². The predicted octanol–water partition coefficient (Wildman–Crippen LogP) is 20.3. The third kappa shape index (κ3) is 7.14. The molecule has 1 aromatic heterocycles. The van der Waals surface area contributed by atoms with E-state index < -0.39 is 17.2 Å². The topological polar surface area (TPSA) is 6.48 Å². The number of hydrogen-bond donors (Lipinski definition) is 0. The molecule has 0 atom stereocenters. The molecule has 6 heteroatoms. The molecule has 0 saturated heterocycles. The highest BCUT2D eigenvalue weighted by Gasteiger charge is 2.42. The molecule has 74 heavy (non-hydrogen) atoms.